The lowest BCUT2D eigenvalue weighted by Gasteiger charge is -2.29. The molecule has 0 N–H and O–H groups in total. The van der Waals surface area contributed by atoms with Gasteiger partial charge < -0.3 is 4.74 Å². The van der Waals surface area contributed by atoms with E-state index in [1.54, 1.807) is 0 Å². The van der Waals surface area contributed by atoms with Crippen molar-refractivity contribution in [3.05, 3.63) is 0 Å². The summed E-state index contributed by atoms with van der Waals surface area (Å²) < 4.78 is 5.91. The van der Waals surface area contributed by atoms with Crippen molar-refractivity contribution < 1.29 is 14.3 Å². The zero-order valence-electron chi connectivity index (χ0n) is 18.0. The number of ether oxygens (including phenoxy) is 1. The summed E-state index contributed by atoms with van der Waals surface area (Å²) in [6, 6.07) is 0. The van der Waals surface area contributed by atoms with Crippen LogP contribution >= 0.6 is 23.2 Å². The van der Waals surface area contributed by atoms with Gasteiger partial charge in [-0.1, -0.05) is 0 Å². The smallest absolute Gasteiger partial charge is 0.133 e. The van der Waals surface area contributed by atoms with Crippen molar-refractivity contribution in [3.8, 4) is 0 Å². The van der Waals surface area contributed by atoms with Crippen molar-refractivity contribution in [3.63, 3.8) is 0 Å². The van der Waals surface area contributed by atoms with E-state index in [4.69, 9.17) is 27.9 Å². The van der Waals surface area contributed by atoms with Gasteiger partial charge in [0, 0.05) is 50.7 Å². The Morgan fingerprint density at radius 2 is 1.21 bits per heavy atom. The second kappa shape index (κ2) is 14.8. The summed E-state index contributed by atoms with van der Waals surface area (Å²) in [4.78, 5) is 23.6. The molecule has 0 bridgehead atoms. The van der Waals surface area contributed by atoms with Crippen LogP contribution in [0, 0.1) is 23.7 Å². The van der Waals surface area contributed by atoms with Gasteiger partial charge in [-0.2, -0.15) is 0 Å². The summed E-state index contributed by atoms with van der Waals surface area (Å²) in [5, 5.41) is 0. The highest BCUT2D eigenvalue weighted by molar-refractivity contribution is 6.18. The minimum absolute atomic E-state index is 0.434. The first-order chi connectivity index (χ1) is 14.1. The summed E-state index contributed by atoms with van der Waals surface area (Å²) in [6.45, 7) is 1.59. The van der Waals surface area contributed by atoms with Crippen molar-refractivity contribution in [1.82, 2.24) is 0 Å². The number of ketones is 2. The molecule has 5 heteroatoms. The second-order valence-electron chi connectivity index (χ2n) is 9.16. The lowest BCUT2D eigenvalue weighted by atomic mass is 9.76. The van der Waals surface area contributed by atoms with E-state index < -0.39 is 0 Å². The number of carbonyl (C=O) groups is 2. The molecule has 0 aromatic carbocycles. The Morgan fingerprint density at radius 3 is 1.59 bits per heavy atom. The van der Waals surface area contributed by atoms with Crippen LogP contribution in [-0.2, 0) is 14.3 Å². The van der Waals surface area contributed by atoms with Crippen LogP contribution < -0.4 is 0 Å². The molecule has 29 heavy (non-hydrogen) atoms. The van der Waals surface area contributed by atoms with Gasteiger partial charge in [0.2, 0.25) is 0 Å². The molecule has 0 spiro atoms. The van der Waals surface area contributed by atoms with E-state index in [0.717, 1.165) is 90.3 Å². The molecule has 0 aliphatic heterocycles. The maximum atomic E-state index is 11.8. The van der Waals surface area contributed by atoms with E-state index in [0.29, 0.717) is 47.0 Å². The van der Waals surface area contributed by atoms with Crippen LogP contribution in [0.15, 0.2) is 0 Å². The molecule has 168 valence electrons. The molecule has 2 saturated carbocycles. The molecule has 0 radical (unpaired) electrons. The van der Waals surface area contributed by atoms with Gasteiger partial charge in [-0.25, -0.2) is 0 Å². The van der Waals surface area contributed by atoms with Gasteiger partial charge in [0.1, 0.15) is 11.6 Å². The zero-order valence-corrected chi connectivity index (χ0v) is 19.5. The number of rotatable bonds is 14. The average molecular weight is 447 g/mol. The predicted molar refractivity (Wildman–Crippen MR) is 121 cm³/mol. The monoisotopic (exact) mass is 446 g/mol. The molecule has 4 atom stereocenters. The summed E-state index contributed by atoms with van der Waals surface area (Å²) in [6.07, 6.45) is 13.9. The highest BCUT2D eigenvalue weighted by Gasteiger charge is 2.27. The molecule has 2 aliphatic carbocycles. The van der Waals surface area contributed by atoms with Crippen molar-refractivity contribution in [2.75, 3.05) is 25.0 Å². The lowest BCUT2D eigenvalue weighted by molar-refractivity contribution is -0.123. The standard InChI is InChI=1S/C24H40Cl2O3/c25-13-11-19(21-5-1-9-23(27)17-21)7-3-15-29-16-4-8-20(12-14-26)22-6-2-10-24(28)18-22/h19-22H,1-18H2/t19-,20-,21?,22?/m0/s1. The molecule has 0 saturated heterocycles. The van der Waals surface area contributed by atoms with E-state index in [-0.39, 0.29) is 0 Å². The first kappa shape index (κ1) is 25.1. The molecular weight excluding hydrogens is 407 g/mol. The van der Waals surface area contributed by atoms with Crippen LogP contribution in [0.5, 0.6) is 0 Å². The fraction of sp³-hybridized carbons (Fsp3) is 0.917. The number of hydrogen-bond donors (Lipinski definition) is 0. The number of alkyl halides is 2. The molecule has 0 aromatic rings. The van der Waals surface area contributed by atoms with E-state index in [1.807, 2.05) is 0 Å². The minimum Gasteiger partial charge on any atom is -0.381 e. The normalized spacial score (nSPS) is 25.2. The third-order valence-electron chi connectivity index (χ3n) is 7.06. The minimum atomic E-state index is 0.434. The maximum Gasteiger partial charge on any atom is 0.133 e. The third kappa shape index (κ3) is 9.70. The molecule has 2 fully saturated rings. The molecule has 0 heterocycles. The van der Waals surface area contributed by atoms with Crippen LogP contribution in [0.4, 0.5) is 0 Å². The van der Waals surface area contributed by atoms with Crippen molar-refractivity contribution in [2.24, 2.45) is 23.7 Å². The van der Waals surface area contributed by atoms with Gasteiger partial charge in [0.15, 0.2) is 0 Å². The average Bonchev–Trinajstić information content (AvgIpc) is 2.71. The molecule has 0 aromatic heterocycles. The summed E-state index contributed by atoms with van der Waals surface area (Å²) in [5.41, 5.74) is 0. The Bertz CT molecular complexity index is 441. The Balaban J connectivity index is 1.59. The van der Waals surface area contributed by atoms with Gasteiger partial charge in [-0.3, -0.25) is 9.59 Å². The first-order valence-electron chi connectivity index (χ1n) is 11.9. The fourth-order valence-corrected chi connectivity index (χ4v) is 5.99. The summed E-state index contributed by atoms with van der Waals surface area (Å²) in [5.74, 6) is 4.43. The third-order valence-corrected chi connectivity index (χ3v) is 7.50. The van der Waals surface area contributed by atoms with E-state index in [2.05, 4.69) is 0 Å². The summed E-state index contributed by atoms with van der Waals surface area (Å²) in [7, 11) is 0. The van der Waals surface area contributed by atoms with Gasteiger partial charge in [-0.15, -0.1) is 23.2 Å². The topological polar surface area (TPSA) is 43.4 Å². The van der Waals surface area contributed by atoms with Crippen LogP contribution in [-0.4, -0.2) is 36.5 Å². The first-order valence-corrected chi connectivity index (χ1v) is 12.9. The highest BCUT2D eigenvalue weighted by Crippen LogP contribution is 2.34. The molecular formula is C24H40Cl2O3. The predicted octanol–water partition coefficient (Wildman–Crippen LogP) is 6.57. The molecule has 2 aliphatic rings. The van der Waals surface area contributed by atoms with Gasteiger partial charge in [-0.05, 0) is 87.9 Å². The molecule has 2 unspecified atom stereocenters. The Morgan fingerprint density at radius 1 is 0.759 bits per heavy atom. The van der Waals surface area contributed by atoms with Crippen LogP contribution in [0.3, 0.4) is 0 Å². The molecule has 0 amide bonds. The maximum absolute atomic E-state index is 11.8. The number of Topliss-reactive ketones (excluding diaryl/α,β-unsaturated/α-hetero) is 2. The van der Waals surface area contributed by atoms with Crippen LogP contribution in [0.25, 0.3) is 0 Å². The largest absolute Gasteiger partial charge is 0.381 e. The Kier molecular flexibility index (Phi) is 12.8. The second-order valence-corrected chi connectivity index (χ2v) is 9.92. The van der Waals surface area contributed by atoms with Gasteiger partial charge in [0.05, 0.1) is 0 Å². The number of carbonyl (C=O) groups excluding carboxylic acids is 2. The van der Waals surface area contributed by atoms with E-state index in [1.165, 1.54) is 12.8 Å². The SMILES string of the molecule is O=C1CCCC([C@H](CCCl)CCCOCCC[C@@H](CCCl)C2CCCC(=O)C2)C1. The fourth-order valence-electron chi connectivity index (χ4n) is 5.43. The van der Waals surface area contributed by atoms with Crippen molar-refractivity contribution >= 4 is 34.8 Å². The van der Waals surface area contributed by atoms with Crippen LogP contribution in [0.1, 0.15) is 89.9 Å². The highest BCUT2D eigenvalue weighted by atomic mass is 35.5. The van der Waals surface area contributed by atoms with E-state index >= 15 is 0 Å². The molecule has 2 rings (SSSR count). The summed E-state index contributed by atoms with van der Waals surface area (Å²) >= 11 is 12.0. The quantitative estimate of drug-likeness (QED) is 0.223. The Labute approximate surface area is 187 Å². The zero-order chi connectivity index (χ0) is 20.9. The van der Waals surface area contributed by atoms with Crippen molar-refractivity contribution in [2.45, 2.75) is 89.9 Å². The lowest BCUT2D eigenvalue weighted by Crippen LogP contribution is -2.24. The van der Waals surface area contributed by atoms with Crippen molar-refractivity contribution in [1.29, 1.82) is 0 Å². The van der Waals surface area contributed by atoms with Gasteiger partial charge in [0.25, 0.3) is 0 Å². The number of hydrogen-bond acceptors (Lipinski definition) is 3. The van der Waals surface area contributed by atoms with Crippen LogP contribution in [0.2, 0.25) is 0 Å². The molecule has 3 nitrogen and oxygen atoms in total. The van der Waals surface area contributed by atoms with E-state index in [9.17, 15) is 9.59 Å². The Hall–Kier alpha value is -0.120. The number of halogens is 2. The van der Waals surface area contributed by atoms with Gasteiger partial charge >= 0.3 is 0 Å².